The Morgan fingerprint density at radius 3 is 2.80 bits per heavy atom. The quantitative estimate of drug-likeness (QED) is 0.579. The van der Waals surface area contributed by atoms with Gasteiger partial charge in [-0.3, -0.25) is 14.5 Å². The van der Waals surface area contributed by atoms with Gasteiger partial charge in [0, 0.05) is 13.0 Å². The average molecular weight is 223 g/mol. The smallest absolute Gasteiger partial charge is 0.242 e. The van der Waals surface area contributed by atoms with E-state index in [1.807, 2.05) is 12.2 Å². The predicted octanol–water partition coefficient (Wildman–Crippen LogP) is 1.32. The molecule has 0 spiro atoms. The second-order valence-corrected chi connectivity index (χ2v) is 4.43. The minimum atomic E-state index is -0.423. The van der Waals surface area contributed by atoms with Crippen molar-refractivity contribution < 1.29 is 9.59 Å². The van der Waals surface area contributed by atoms with Gasteiger partial charge in [0.1, 0.15) is 0 Å². The Bertz CT molecular complexity index is 360. The predicted molar refractivity (Wildman–Crippen MR) is 60.6 cm³/mol. The zero-order valence-electron chi connectivity index (χ0n) is 8.35. The van der Waals surface area contributed by atoms with Crippen molar-refractivity contribution in [2.24, 2.45) is 0 Å². The van der Waals surface area contributed by atoms with Gasteiger partial charge in [0.25, 0.3) is 0 Å². The Balaban J connectivity index is 1.89. The summed E-state index contributed by atoms with van der Waals surface area (Å²) in [6, 6.07) is 0. The zero-order valence-corrected chi connectivity index (χ0v) is 9.24. The molecule has 1 atom stereocenters. The van der Waals surface area contributed by atoms with Gasteiger partial charge >= 0.3 is 0 Å². The number of imide groups is 1. The van der Waals surface area contributed by atoms with Gasteiger partial charge in [0.05, 0.1) is 5.25 Å². The van der Waals surface area contributed by atoms with Crippen LogP contribution in [0.25, 0.3) is 0 Å². The highest BCUT2D eigenvalue weighted by Gasteiger charge is 2.35. The van der Waals surface area contributed by atoms with Crippen LogP contribution in [0.4, 0.5) is 0 Å². The number of amides is 2. The molecule has 2 amide bonds. The molecule has 0 aromatic carbocycles. The van der Waals surface area contributed by atoms with Crippen LogP contribution >= 0.6 is 12.6 Å². The fourth-order valence-corrected chi connectivity index (χ4v) is 2.13. The number of carbonyl (C=O) groups is 2. The van der Waals surface area contributed by atoms with E-state index < -0.39 is 5.25 Å². The molecule has 1 aliphatic carbocycles. The molecule has 1 saturated heterocycles. The summed E-state index contributed by atoms with van der Waals surface area (Å²) in [7, 11) is 0. The molecule has 0 bridgehead atoms. The standard InChI is InChI=1S/C11H13NO2S/c13-10-7-9(15)11(14)12(10)6-5-8-3-1-2-4-8/h1-3,9,15H,4-7H2. The van der Waals surface area contributed by atoms with Gasteiger partial charge in [-0.25, -0.2) is 0 Å². The lowest BCUT2D eigenvalue weighted by Gasteiger charge is -2.14. The van der Waals surface area contributed by atoms with Crippen LogP contribution in [0.2, 0.25) is 0 Å². The summed E-state index contributed by atoms with van der Waals surface area (Å²) < 4.78 is 0. The van der Waals surface area contributed by atoms with Crippen LogP contribution in [-0.4, -0.2) is 28.5 Å². The third-order valence-corrected chi connectivity index (χ3v) is 3.13. The zero-order chi connectivity index (χ0) is 10.8. The fourth-order valence-electron chi connectivity index (χ4n) is 1.83. The second kappa shape index (κ2) is 4.23. The molecular weight excluding hydrogens is 210 g/mol. The lowest BCUT2D eigenvalue weighted by molar-refractivity contribution is -0.138. The molecule has 1 aliphatic heterocycles. The summed E-state index contributed by atoms with van der Waals surface area (Å²) in [5, 5.41) is -0.423. The van der Waals surface area contributed by atoms with Crippen molar-refractivity contribution >= 4 is 24.4 Å². The molecule has 2 aliphatic rings. The Morgan fingerprint density at radius 1 is 1.47 bits per heavy atom. The number of hydrogen-bond donors (Lipinski definition) is 1. The van der Waals surface area contributed by atoms with Crippen molar-refractivity contribution in [1.29, 1.82) is 0 Å². The van der Waals surface area contributed by atoms with E-state index in [0.29, 0.717) is 6.54 Å². The first-order chi connectivity index (χ1) is 7.18. The first-order valence-corrected chi connectivity index (χ1v) is 5.57. The van der Waals surface area contributed by atoms with Gasteiger partial charge < -0.3 is 0 Å². The van der Waals surface area contributed by atoms with E-state index in [4.69, 9.17) is 0 Å². The Hall–Kier alpha value is -1.03. The van der Waals surface area contributed by atoms with E-state index in [1.54, 1.807) is 0 Å². The van der Waals surface area contributed by atoms with E-state index in [-0.39, 0.29) is 18.2 Å². The Kier molecular flexibility index (Phi) is 2.95. The number of allylic oxidation sites excluding steroid dienone is 3. The molecular formula is C11H13NO2S. The van der Waals surface area contributed by atoms with Crippen molar-refractivity contribution in [3.8, 4) is 0 Å². The van der Waals surface area contributed by atoms with Crippen molar-refractivity contribution in [2.45, 2.75) is 24.5 Å². The monoisotopic (exact) mass is 223 g/mol. The summed E-state index contributed by atoms with van der Waals surface area (Å²) in [4.78, 5) is 24.3. The van der Waals surface area contributed by atoms with Crippen molar-refractivity contribution in [2.75, 3.05) is 6.54 Å². The van der Waals surface area contributed by atoms with Crippen LogP contribution in [-0.2, 0) is 9.59 Å². The molecule has 0 aromatic rings. The molecule has 80 valence electrons. The number of hydrogen-bond acceptors (Lipinski definition) is 3. The minimum Gasteiger partial charge on any atom is -0.281 e. The number of likely N-dealkylation sites (tertiary alicyclic amines) is 1. The lowest BCUT2D eigenvalue weighted by Crippen LogP contribution is -2.32. The summed E-state index contributed by atoms with van der Waals surface area (Å²) in [5.74, 6) is -0.235. The topological polar surface area (TPSA) is 37.4 Å². The van der Waals surface area contributed by atoms with Crippen LogP contribution in [0, 0.1) is 0 Å². The molecule has 1 heterocycles. The molecule has 0 aromatic heterocycles. The van der Waals surface area contributed by atoms with Crippen molar-refractivity contribution in [3.63, 3.8) is 0 Å². The Morgan fingerprint density at radius 2 is 2.27 bits per heavy atom. The van der Waals surface area contributed by atoms with E-state index >= 15 is 0 Å². The Labute approximate surface area is 94.2 Å². The molecule has 0 radical (unpaired) electrons. The number of rotatable bonds is 3. The largest absolute Gasteiger partial charge is 0.281 e. The summed E-state index contributed by atoms with van der Waals surface area (Å²) in [6.07, 6.45) is 8.10. The highest BCUT2D eigenvalue weighted by atomic mass is 32.1. The SMILES string of the molecule is O=C1CC(S)C(=O)N1CCC1=CC=CC1. The first kappa shape index (κ1) is 10.5. The van der Waals surface area contributed by atoms with Crippen LogP contribution in [0.3, 0.4) is 0 Å². The van der Waals surface area contributed by atoms with Gasteiger partial charge in [-0.1, -0.05) is 23.8 Å². The lowest BCUT2D eigenvalue weighted by atomic mass is 10.1. The second-order valence-electron chi connectivity index (χ2n) is 3.81. The highest BCUT2D eigenvalue weighted by molar-refractivity contribution is 7.81. The van der Waals surface area contributed by atoms with Crippen molar-refractivity contribution in [3.05, 3.63) is 23.8 Å². The maximum absolute atomic E-state index is 11.5. The molecule has 4 heteroatoms. The van der Waals surface area contributed by atoms with Crippen LogP contribution in [0.5, 0.6) is 0 Å². The molecule has 1 unspecified atom stereocenters. The van der Waals surface area contributed by atoms with Gasteiger partial charge in [-0.15, -0.1) is 0 Å². The van der Waals surface area contributed by atoms with E-state index in [0.717, 1.165) is 12.8 Å². The fraction of sp³-hybridized carbons (Fsp3) is 0.455. The van der Waals surface area contributed by atoms with E-state index in [2.05, 4.69) is 18.7 Å². The van der Waals surface area contributed by atoms with Gasteiger partial charge in [-0.05, 0) is 12.8 Å². The van der Waals surface area contributed by atoms with E-state index in [1.165, 1.54) is 10.5 Å². The number of nitrogens with zero attached hydrogens (tertiary/aromatic N) is 1. The van der Waals surface area contributed by atoms with Crippen molar-refractivity contribution in [1.82, 2.24) is 4.90 Å². The van der Waals surface area contributed by atoms with Gasteiger partial charge in [-0.2, -0.15) is 12.6 Å². The van der Waals surface area contributed by atoms with Crippen LogP contribution < -0.4 is 0 Å². The third kappa shape index (κ3) is 2.15. The first-order valence-electron chi connectivity index (χ1n) is 5.05. The molecule has 15 heavy (non-hydrogen) atoms. The molecule has 1 fully saturated rings. The van der Waals surface area contributed by atoms with Gasteiger partial charge in [0.2, 0.25) is 11.8 Å². The number of carbonyl (C=O) groups excluding carboxylic acids is 2. The summed E-state index contributed by atoms with van der Waals surface area (Å²) in [6.45, 7) is 0.502. The van der Waals surface area contributed by atoms with Crippen LogP contribution in [0.1, 0.15) is 19.3 Å². The van der Waals surface area contributed by atoms with Gasteiger partial charge in [0.15, 0.2) is 0 Å². The van der Waals surface area contributed by atoms with E-state index in [9.17, 15) is 9.59 Å². The maximum Gasteiger partial charge on any atom is 0.242 e. The molecule has 0 saturated carbocycles. The number of thiol groups is 1. The highest BCUT2D eigenvalue weighted by Crippen LogP contribution is 2.20. The molecule has 3 nitrogen and oxygen atoms in total. The third-order valence-electron chi connectivity index (χ3n) is 2.72. The molecule has 2 rings (SSSR count). The summed E-state index contributed by atoms with van der Waals surface area (Å²) in [5.41, 5.74) is 1.28. The summed E-state index contributed by atoms with van der Waals surface area (Å²) >= 11 is 4.07. The molecule has 0 N–H and O–H groups in total. The minimum absolute atomic E-state index is 0.0912. The average Bonchev–Trinajstić information content (AvgIpc) is 2.76. The normalized spacial score (nSPS) is 25.3. The maximum atomic E-state index is 11.5. The van der Waals surface area contributed by atoms with Crippen LogP contribution in [0.15, 0.2) is 23.8 Å².